The van der Waals surface area contributed by atoms with Gasteiger partial charge in [-0.05, 0) is 31.2 Å². The van der Waals surface area contributed by atoms with Crippen LogP contribution in [0.15, 0.2) is 47.0 Å². The third kappa shape index (κ3) is 3.64. The maximum Gasteiger partial charge on any atom is 0.354 e. The number of rotatable bonds is 6. The summed E-state index contributed by atoms with van der Waals surface area (Å²) >= 11 is 7.37. The summed E-state index contributed by atoms with van der Waals surface area (Å²) in [4.78, 5) is 17.3. The molecule has 7 nitrogen and oxygen atoms in total. The highest BCUT2D eigenvalue weighted by Gasteiger charge is 2.24. The van der Waals surface area contributed by atoms with Gasteiger partial charge in [0.25, 0.3) is 0 Å². The van der Waals surface area contributed by atoms with E-state index in [1.54, 1.807) is 36.8 Å². The lowest BCUT2D eigenvalue weighted by atomic mass is 10.2. The molecule has 0 fully saturated rings. The van der Waals surface area contributed by atoms with Crippen LogP contribution in [0.1, 0.15) is 21.9 Å². The largest absolute Gasteiger partial charge is 0.496 e. The van der Waals surface area contributed by atoms with Gasteiger partial charge in [0, 0.05) is 6.07 Å². The molecule has 0 aliphatic heterocycles. The van der Waals surface area contributed by atoms with E-state index in [4.69, 9.17) is 20.9 Å². The average molecular weight is 430 g/mol. The summed E-state index contributed by atoms with van der Waals surface area (Å²) in [5, 5.41) is 13.8. The SMILES string of the molecule is COc1ccccc1-c1nc(C)c(C(=O)O)n1Cc1cc(-c2ccc(Cl)s2)on1. The number of aromatic nitrogens is 3. The molecule has 3 heterocycles. The van der Waals surface area contributed by atoms with Gasteiger partial charge in [0.05, 0.1) is 34.1 Å². The van der Waals surface area contributed by atoms with E-state index in [0.29, 0.717) is 38.6 Å². The summed E-state index contributed by atoms with van der Waals surface area (Å²) in [5.74, 6) is 0.597. The molecule has 29 heavy (non-hydrogen) atoms. The van der Waals surface area contributed by atoms with Gasteiger partial charge in [-0.15, -0.1) is 11.3 Å². The zero-order valence-corrected chi connectivity index (χ0v) is 17.1. The van der Waals surface area contributed by atoms with Gasteiger partial charge in [-0.1, -0.05) is 28.9 Å². The minimum atomic E-state index is -1.06. The first-order chi connectivity index (χ1) is 14.0. The Labute approximate surface area is 175 Å². The van der Waals surface area contributed by atoms with Gasteiger partial charge in [-0.25, -0.2) is 9.78 Å². The number of para-hydroxylation sites is 1. The van der Waals surface area contributed by atoms with E-state index in [2.05, 4.69) is 10.1 Å². The van der Waals surface area contributed by atoms with Gasteiger partial charge in [0.2, 0.25) is 0 Å². The van der Waals surface area contributed by atoms with Crippen LogP contribution in [0.3, 0.4) is 0 Å². The molecule has 0 aliphatic carbocycles. The number of hydrogen-bond acceptors (Lipinski definition) is 6. The van der Waals surface area contributed by atoms with Crippen LogP contribution in [0.4, 0.5) is 0 Å². The molecule has 0 amide bonds. The lowest BCUT2D eigenvalue weighted by Gasteiger charge is -2.11. The fourth-order valence-electron chi connectivity index (χ4n) is 3.14. The monoisotopic (exact) mass is 429 g/mol. The number of thiophene rings is 1. The molecule has 0 atom stereocenters. The molecule has 9 heteroatoms. The number of carboxylic acids is 1. The van der Waals surface area contributed by atoms with Crippen molar-refractivity contribution in [3.8, 4) is 27.8 Å². The maximum absolute atomic E-state index is 11.9. The molecule has 0 saturated carbocycles. The molecule has 4 aromatic rings. The first kappa shape index (κ1) is 19.2. The van der Waals surface area contributed by atoms with E-state index in [0.717, 1.165) is 4.88 Å². The number of ether oxygens (including phenoxy) is 1. The van der Waals surface area contributed by atoms with Crippen molar-refractivity contribution in [2.24, 2.45) is 0 Å². The molecule has 148 valence electrons. The fourth-order valence-corrected chi connectivity index (χ4v) is 4.14. The number of aromatic carboxylic acids is 1. The van der Waals surface area contributed by atoms with Gasteiger partial charge in [-0.2, -0.15) is 0 Å². The molecule has 0 saturated heterocycles. The normalized spacial score (nSPS) is 11.0. The van der Waals surface area contributed by atoms with Crippen molar-refractivity contribution in [1.82, 2.24) is 14.7 Å². The molecule has 0 radical (unpaired) electrons. The van der Waals surface area contributed by atoms with E-state index in [1.165, 1.54) is 11.3 Å². The Bertz CT molecular complexity index is 1190. The first-order valence-corrected chi connectivity index (χ1v) is 9.82. The Hall–Kier alpha value is -3.10. The molecule has 0 unspecified atom stereocenters. The lowest BCUT2D eigenvalue weighted by molar-refractivity contribution is 0.0685. The van der Waals surface area contributed by atoms with Crippen LogP contribution in [-0.2, 0) is 6.54 Å². The van der Waals surface area contributed by atoms with Crippen molar-refractivity contribution in [2.75, 3.05) is 7.11 Å². The van der Waals surface area contributed by atoms with Crippen molar-refractivity contribution in [2.45, 2.75) is 13.5 Å². The molecule has 0 aliphatic rings. The van der Waals surface area contributed by atoms with Crippen LogP contribution in [0.25, 0.3) is 22.0 Å². The van der Waals surface area contributed by atoms with E-state index in [1.807, 2.05) is 24.3 Å². The second kappa shape index (κ2) is 7.73. The zero-order chi connectivity index (χ0) is 20.5. The summed E-state index contributed by atoms with van der Waals surface area (Å²) in [6.45, 7) is 1.85. The maximum atomic E-state index is 11.9. The van der Waals surface area contributed by atoms with Gasteiger partial charge in [-0.3, -0.25) is 0 Å². The number of carbonyl (C=O) groups is 1. The molecule has 4 rings (SSSR count). The number of methoxy groups -OCH3 is 1. The predicted molar refractivity (Wildman–Crippen MR) is 110 cm³/mol. The second-order valence-electron chi connectivity index (χ2n) is 6.25. The fraction of sp³-hybridized carbons (Fsp3) is 0.150. The molecular formula is C20H16ClN3O4S. The van der Waals surface area contributed by atoms with Crippen LogP contribution in [-0.4, -0.2) is 32.9 Å². The summed E-state index contributed by atoms with van der Waals surface area (Å²) in [6, 6.07) is 12.7. The number of imidazole rings is 1. The second-order valence-corrected chi connectivity index (χ2v) is 7.96. The van der Waals surface area contributed by atoms with E-state index in [-0.39, 0.29) is 12.2 Å². The minimum absolute atomic E-state index is 0.0922. The average Bonchev–Trinajstić information content (AvgIpc) is 3.41. The highest BCUT2D eigenvalue weighted by atomic mass is 35.5. The summed E-state index contributed by atoms with van der Waals surface area (Å²) in [5.41, 5.74) is 1.77. The van der Waals surface area contributed by atoms with E-state index < -0.39 is 5.97 Å². The van der Waals surface area contributed by atoms with Crippen molar-refractivity contribution < 1.29 is 19.2 Å². The molecule has 0 bridgehead atoms. The van der Waals surface area contributed by atoms with E-state index >= 15 is 0 Å². The third-order valence-electron chi connectivity index (χ3n) is 4.39. The molecule has 1 aromatic carbocycles. The number of hydrogen-bond donors (Lipinski definition) is 1. The van der Waals surface area contributed by atoms with Crippen molar-refractivity contribution in [3.05, 3.63) is 63.9 Å². The van der Waals surface area contributed by atoms with Crippen molar-refractivity contribution in [3.63, 3.8) is 0 Å². The van der Waals surface area contributed by atoms with Gasteiger partial charge in [0.1, 0.15) is 17.3 Å². The highest BCUT2D eigenvalue weighted by molar-refractivity contribution is 7.19. The Kier molecular flexibility index (Phi) is 5.12. The van der Waals surface area contributed by atoms with Gasteiger partial charge in [0.15, 0.2) is 11.5 Å². The third-order valence-corrected chi connectivity index (χ3v) is 5.63. The number of nitrogens with zero attached hydrogens (tertiary/aromatic N) is 3. The summed E-state index contributed by atoms with van der Waals surface area (Å²) in [6.07, 6.45) is 0. The first-order valence-electron chi connectivity index (χ1n) is 8.63. The van der Waals surface area contributed by atoms with Crippen molar-refractivity contribution >= 4 is 28.9 Å². The van der Waals surface area contributed by atoms with Gasteiger partial charge >= 0.3 is 5.97 Å². The van der Waals surface area contributed by atoms with Crippen molar-refractivity contribution in [1.29, 1.82) is 0 Å². The Morgan fingerprint density at radius 2 is 2.10 bits per heavy atom. The highest BCUT2D eigenvalue weighted by Crippen LogP contribution is 2.33. The summed E-state index contributed by atoms with van der Waals surface area (Å²) < 4.78 is 13.1. The molecule has 3 aromatic heterocycles. The molecule has 0 spiro atoms. The zero-order valence-electron chi connectivity index (χ0n) is 15.5. The smallest absolute Gasteiger partial charge is 0.354 e. The van der Waals surface area contributed by atoms with Gasteiger partial charge < -0.3 is 18.9 Å². The standard InChI is InChI=1S/C20H16ClN3O4S/c1-11-18(20(25)26)24(19(22-11)13-5-3-4-6-14(13)27-2)10-12-9-15(28-23-12)16-7-8-17(21)29-16/h3-9H,10H2,1-2H3,(H,25,26). The topological polar surface area (TPSA) is 90.4 Å². The Balaban J connectivity index is 1.79. The quantitative estimate of drug-likeness (QED) is 0.464. The lowest BCUT2D eigenvalue weighted by Crippen LogP contribution is -2.12. The Morgan fingerprint density at radius 3 is 2.79 bits per heavy atom. The number of carboxylic acid groups (broad SMARTS) is 1. The van der Waals surface area contributed by atoms with E-state index in [9.17, 15) is 9.90 Å². The summed E-state index contributed by atoms with van der Waals surface area (Å²) in [7, 11) is 1.56. The van der Waals surface area contributed by atoms with Crippen LogP contribution >= 0.6 is 22.9 Å². The number of halogens is 1. The number of aryl methyl sites for hydroxylation is 1. The number of benzene rings is 1. The Morgan fingerprint density at radius 1 is 1.31 bits per heavy atom. The van der Waals surface area contributed by atoms with Crippen LogP contribution in [0.2, 0.25) is 4.34 Å². The predicted octanol–water partition coefficient (Wildman–Crippen LogP) is 4.98. The van der Waals surface area contributed by atoms with Crippen LogP contribution in [0, 0.1) is 6.92 Å². The molecule has 1 N–H and O–H groups in total. The van der Waals surface area contributed by atoms with Crippen LogP contribution in [0.5, 0.6) is 5.75 Å². The van der Waals surface area contributed by atoms with Crippen LogP contribution < -0.4 is 4.74 Å². The minimum Gasteiger partial charge on any atom is -0.496 e. The molecular weight excluding hydrogens is 414 g/mol.